The first-order chi connectivity index (χ1) is 6.66. The fourth-order valence-electron chi connectivity index (χ4n) is 1.11. The minimum atomic E-state index is -1.34. The van der Waals surface area contributed by atoms with E-state index in [0.29, 0.717) is 17.6 Å². The highest BCUT2D eigenvalue weighted by atomic mass is 16.5. The third-order valence-corrected chi connectivity index (χ3v) is 2.08. The SMILES string of the molecule is COc1cccc([C@@](N)(C=O)CO)c1. The van der Waals surface area contributed by atoms with Crippen LogP contribution in [0.25, 0.3) is 0 Å². The highest BCUT2D eigenvalue weighted by Crippen LogP contribution is 2.20. The van der Waals surface area contributed by atoms with Crippen molar-refractivity contribution in [2.24, 2.45) is 5.73 Å². The first-order valence-corrected chi connectivity index (χ1v) is 4.17. The second-order valence-corrected chi connectivity index (χ2v) is 3.05. The topological polar surface area (TPSA) is 72.5 Å². The normalized spacial score (nSPS) is 14.5. The monoisotopic (exact) mass is 195 g/mol. The van der Waals surface area contributed by atoms with Crippen molar-refractivity contribution in [1.29, 1.82) is 0 Å². The number of hydrogen-bond donors (Lipinski definition) is 2. The fraction of sp³-hybridized carbons (Fsp3) is 0.300. The van der Waals surface area contributed by atoms with Crippen LogP contribution in [0.5, 0.6) is 5.75 Å². The standard InChI is InChI=1S/C10H13NO3/c1-14-9-4-2-3-8(5-9)10(11,6-12)7-13/h2-6,13H,7,11H2,1H3/t10-/m1/s1. The molecule has 0 bridgehead atoms. The molecule has 0 aliphatic heterocycles. The molecule has 14 heavy (non-hydrogen) atoms. The third kappa shape index (κ3) is 1.92. The predicted molar refractivity (Wildman–Crippen MR) is 52.0 cm³/mol. The molecule has 0 saturated carbocycles. The molecule has 0 spiro atoms. The molecule has 3 N–H and O–H groups in total. The second-order valence-electron chi connectivity index (χ2n) is 3.05. The van der Waals surface area contributed by atoms with Crippen LogP contribution in [-0.4, -0.2) is 25.1 Å². The van der Waals surface area contributed by atoms with Gasteiger partial charge in [0.2, 0.25) is 0 Å². The summed E-state index contributed by atoms with van der Waals surface area (Å²) in [4.78, 5) is 10.7. The molecule has 0 unspecified atom stereocenters. The van der Waals surface area contributed by atoms with Crippen molar-refractivity contribution in [2.45, 2.75) is 5.54 Å². The Morgan fingerprint density at radius 3 is 2.86 bits per heavy atom. The molecule has 1 rings (SSSR count). The summed E-state index contributed by atoms with van der Waals surface area (Å²) in [6.07, 6.45) is 0.530. The zero-order valence-electron chi connectivity index (χ0n) is 7.93. The van der Waals surface area contributed by atoms with E-state index in [0.717, 1.165) is 0 Å². The van der Waals surface area contributed by atoms with Crippen LogP contribution in [-0.2, 0) is 10.3 Å². The Hall–Kier alpha value is -1.39. The summed E-state index contributed by atoms with van der Waals surface area (Å²) in [6.45, 7) is -0.427. The summed E-state index contributed by atoms with van der Waals surface area (Å²) in [5, 5.41) is 9.01. The molecule has 1 atom stereocenters. The molecule has 76 valence electrons. The number of aliphatic hydroxyl groups is 1. The number of aliphatic hydroxyl groups excluding tert-OH is 1. The lowest BCUT2D eigenvalue weighted by Gasteiger charge is -2.20. The van der Waals surface area contributed by atoms with Crippen LogP contribution in [0.4, 0.5) is 0 Å². The lowest BCUT2D eigenvalue weighted by atomic mass is 9.93. The van der Waals surface area contributed by atoms with Gasteiger partial charge in [-0.1, -0.05) is 12.1 Å². The van der Waals surface area contributed by atoms with E-state index >= 15 is 0 Å². The summed E-state index contributed by atoms with van der Waals surface area (Å²) < 4.78 is 4.99. The largest absolute Gasteiger partial charge is 0.497 e. The molecule has 0 fully saturated rings. The van der Waals surface area contributed by atoms with Crippen molar-refractivity contribution >= 4 is 6.29 Å². The molecule has 1 aromatic carbocycles. The Balaban J connectivity index is 3.10. The van der Waals surface area contributed by atoms with Crippen LogP contribution in [0.2, 0.25) is 0 Å². The van der Waals surface area contributed by atoms with Crippen molar-refractivity contribution in [1.82, 2.24) is 0 Å². The molecule has 0 saturated heterocycles. The lowest BCUT2D eigenvalue weighted by molar-refractivity contribution is -0.113. The number of nitrogens with two attached hydrogens (primary N) is 1. The molecule has 1 aromatic rings. The summed E-state index contributed by atoms with van der Waals surface area (Å²) >= 11 is 0. The average molecular weight is 195 g/mol. The van der Waals surface area contributed by atoms with Gasteiger partial charge in [-0.25, -0.2) is 0 Å². The minimum absolute atomic E-state index is 0.427. The Bertz CT molecular complexity index is 327. The van der Waals surface area contributed by atoms with Crippen LogP contribution in [0.1, 0.15) is 5.56 Å². The molecule has 0 aliphatic carbocycles. The van der Waals surface area contributed by atoms with E-state index in [-0.39, 0.29) is 0 Å². The molecular formula is C10H13NO3. The highest BCUT2D eigenvalue weighted by Gasteiger charge is 2.25. The Morgan fingerprint density at radius 1 is 1.64 bits per heavy atom. The number of hydrogen-bond acceptors (Lipinski definition) is 4. The Labute approximate surface area is 82.3 Å². The van der Waals surface area contributed by atoms with Crippen molar-refractivity contribution in [3.05, 3.63) is 29.8 Å². The van der Waals surface area contributed by atoms with E-state index in [1.54, 1.807) is 24.3 Å². The van der Waals surface area contributed by atoms with Crippen molar-refractivity contribution in [3.63, 3.8) is 0 Å². The quantitative estimate of drug-likeness (QED) is 0.665. The number of carbonyl (C=O) groups excluding carboxylic acids is 1. The molecule has 4 heteroatoms. The number of aldehydes is 1. The maximum Gasteiger partial charge on any atom is 0.146 e. The summed E-state index contributed by atoms with van der Waals surface area (Å²) in [5.74, 6) is 0.604. The number of rotatable bonds is 4. The van der Waals surface area contributed by atoms with E-state index in [1.807, 2.05) is 0 Å². The molecule has 0 radical (unpaired) electrons. The zero-order valence-corrected chi connectivity index (χ0v) is 7.93. The van der Waals surface area contributed by atoms with Gasteiger partial charge in [0.15, 0.2) is 0 Å². The van der Waals surface area contributed by atoms with Gasteiger partial charge in [-0.15, -0.1) is 0 Å². The molecular weight excluding hydrogens is 182 g/mol. The number of carbonyl (C=O) groups is 1. The van der Waals surface area contributed by atoms with Gasteiger partial charge in [-0.3, -0.25) is 0 Å². The smallest absolute Gasteiger partial charge is 0.146 e. The van der Waals surface area contributed by atoms with Gasteiger partial charge < -0.3 is 20.4 Å². The van der Waals surface area contributed by atoms with Gasteiger partial charge in [0, 0.05) is 0 Å². The van der Waals surface area contributed by atoms with Crippen molar-refractivity contribution < 1.29 is 14.6 Å². The van der Waals surface area contributed by atoms with Crippen LogP contribution in [0, 0.1) is 0 Å². The van der Waals surface area contributed by atoms with E-state index in [1.165, 1.54) is 7.11 Å². The van der Waals surface area contributed by atoms with Gasteiger partial charge in [0.1, 0.15) is 17.6 Å². The summed E-state index contributed by atoms with van der Waals surface area (Å²) in [7, 11) is 1.52. The number of methoxy groups -OCH3 is 1. The molecule has 0 aromatic heterocycles. The second kappa shape index (κ2) is 4.21. The number of ether oxygens (including phenoxy) is 1. The van der Waals surface area contributed by atoms with E-state index in [4.69, 9.17) is 15.6 Å². The first kappa shape index (κ1) is 10.7. The Kier molecular flexibility index (Phi) is 3.22. The molecule has 0 heterocycles. The van der Waals surface area contributed by atoms with Crippen molar-refractivity contribution in [2.75, 3.05) is 13.7 Å². The maximum atomic E-state index is 10.7. The lowest BCUT2D eigenvalue weighted by Crippen LogP contribution is -2.42. The van der Waals surface area contributed by atoms with Gasteiger partial charge in [0.25, 0.3) is 0 Å². The van der Waals surface area contributed by atoms with Gasteiger partial charge in [-0.05, 0) is 17.7 Å². The van der Waals surface area contributed by atoms with Gasteiger partial charge >= 0.3 is 0 Å². The van der Waals surface area contributed by atoms with E-state index in [9.17, 15) is 4.79 Å². The average Bonchev–Trinajstić information content (AvgIpc) is 2.28. The minimum Gasteiger partial charge on any atom is -0.497 e. The zero-order chi connectivity index (χ0) is 10.6. The highest BCUT2D eigenvalue weighted by molar-refractivity contribution is 5.68. The van der Waals surface area contributed by atoms with Crippen molar-refractivity contribution in [3.8, 4) is 5.75 Å². The van der Waals surface area contributed by atoms with E-state index in [2.05, 4.69) is 0 Å². The van der Waals surface area contributed by atoms with Crippen LogP contribution < -0.4 is 10.5 Å². The first-order valence-electron chi connectivity index (χ1n) is 4.17. The van der Waals surface area contributed by atoms with Crippen LogP contribution >= 0.6 is 0 Å². The van der Waals surface area contributed by atoms with Gasteiger partial charge in [0.05, 0.1) is 13.7 Å². The van der Waals surface area contributed by atoms with Gasteiger partial charge in [-0.2, -0.15) is 0 Å². The van der Waals surface area contributed by atoms with E-state index < -0.39 is 12.1 Å². The third-order valence-electron chi connectivity index (χ3n) is 2.08. The molecule has 0 amide bonds. The predicted octanol–water partition coefficient (Wildman–Crippen LogP) is 0.0404. The van der Waals surface area contributed by atoms with Crippen LogP contribution in [0.15, 0.2) is 24.3 Å². The summed E-state index contributed by atoms with van der Waals surface area (Å²) in [5.41, 5.74) is 4.87. The maximum absolute atomic E-state index is 10.7. The summed E-state index contributed by atoms with van der Waals surface area (Å²) in [6, 6.07) is 6.76. The molecule has 0 aliphatic rings. The van der Waals surface area contributed by atoms with Crippen LogP contribution in [0.3, 0.4) is 0 Å². The Morgan fingerprint density at radius 2 is 2.36 bits per heavy atom. The molecule has 4 nitrogen and oxygen atoms in total. The number of benzene rings is 1. The fourth-order valence-corrected chi connectivity index (χ4v) is 1.11.